The van der Waals surface area contributed by atoms with Crippen molar-refractivity contribution in [2.24, 2.45) is 0 Å². The Labute approximate surface area is 57.5 Å². The zero-order valence-electron chi connectivity index (χ0n) is 6.91. The predicted octanol–water partition coefficient (Wildman–Crippen LogP) is 3.12. The maximum atomic E-state index is 2.46. The first-order valence-electron chi connectivity index (χ1n) is 2.93. The summed E-state index contributed by atoms with van der Waals surface area (Å²) >= 11 is -1.34. The molecule has 0 saturated carbocycles. The summed E-state index contributed by atoms with van der Waals surface area (Å²) in [6.45, 7) is 7.07. The van der Waals surface area contributed by atoms with Gasteiger partial charge in [0.15, 0.2) is 0 Å². The minimum atomic E-state index is -1.34. The van der Waals surface area contributed by atoms with E-state index in [1.54, 1.807) is 0 Å². The van der Waals surface area contributed by atoms with Crippen molar-refractivity contribution in [3.8, 4) is 0 Å². The first-order chi connectivity index (χ1) is 3.25. The summed E-state index contributed by atoms with van der Waals surface area (Å²) in [4.78, 5) is 7.38. The quantitative estimate of drug-likeness (QED) is 0.560. The van der Waals surface area contributed by atoms with Crippen molar-refractivity contribution in [2.75, 3.05) is 0 Å². The van der Waals surface area contributed by atoms with E-state index in [-0.39, 0.29) is 0 Å². The van der Waals surface area contributed by atoms with Gasteiger partial charge in [-0.1, -0.05) is 0 Å². The summed E-state index contributed by atoms with van der Waals surface area (Å²) in [7, 11) is 0. The normalized spacial score (nSPS) is 16.2. The summed E-state index contributed by atoms with van der Waals surface area (Å²) in [6, 6.07) is 0. The molecule has 0 aliphatic rings. The van der Waals surface area contributed by atoms with Crippen LogP contribution in [-0.2, 0) is 0 Å². The minimum absolute atomic E-state index is 0.628. The van der Waals surface area contributed by atoms with Crippen molar-refractivity contribution in [1.82, 2.24) is 0 Å². The van der Waals surface area contributed by atoms with Crippen LogP contribution in [-0.4, -0.2) is 18.2 Å². The predicted molar refractivity (Wildman–Crippen MR) is 43.1 cm³/mol. The molecular formula is C7H18Te. The van der Waals surface area contributed by atoms with E-state index in [9.17, 15) is 0 Å². The molecule has 0 aromatic heterocycles. The van der Waals surface area contributed by atoms with Crippen molar-refractivity contribution in [3.63, 3.8) is 0 Å². The van der Waals surface area contributed by atoms with Crippen LogP contribution in [0.5, 0.6) is 0 Å². The first kappa shape index (κ1) is 8.79. The Morgan fingerprint density at radius 1 is 0.875 bits per heavy atom. The van der Waals surface area contributed by atoms with E-state index in [1.165, 1.54) is 0 Å². The average molecular weight is 230 g/mol. The van der Waals surface area contributed by atoms with Gasteiger partial charge in [0.25, 0.3) is 0 Å². The molecule has 0 radical (unpaired) electrons. The van der Waals surface area contributed by atoms with Gasteiger partial charge in [-0.05, 0) is 0 Å². The second-order valence-electron chi connectivity index (χ2n) is 3.95. The SMILES string of the molecule is CC(C)(C)[Te](C)(C)C. The van der Waals surface area contributed by atoms with E-state index >= 15 is 0 Å². The summed E-state index contributed by atoms with van der Waals surface area (Å²) in [5, 5.41) is 0. The van der Waals surface area contributed by atoms with Gasteiger partial charge >= 0.3 is 57.3 Å². The Morgan fingerprint density at radius 3 is 1.00 bits per heavy atom. The Kier molecular flexibility index (Phi) is 2.41. The standard InChI is InChI=1S/C7H18Te/c1-7(2,3)8(4,5)6/h1-6H3. The Balaban J connectivity index is 4.02. The van der Waals surface area contributed by atoms with Gasteiger partial charge < -0.3 is 0 Å². The summed E-state index contributed by atoms with van der Waals surface area (Å²) in [6.07, 6.45) is 0. The average Bonchev–Trinajstić information content (AvgIpc) is 1.25. The van der Waals surface area contributed by atoms with Gasteiger partial charge in [0.1, 0.15) is 0 Å². The molecule has 1 heteroatoms. The third-order valence-electron chi connectivity index (χ3n) is 1.84. The van der Waals surface area contributed by atoms with Gasteiger partial charge in [-0.25, -0.2) is 0 Å². The maximum absolute atomic E-state index is 2.46. The van der Waals surface area contributed by atoms with Crippen LogP contribution in [0.1, 0.15) is 20.8 Å². The van der Waals surface area contributed by atoms with E-state index in [0.717, 1.165) is 0 Å². The fourth-order valence-corrected chi connectivity index (χ4v) is 0. The molecule has 0 aromatic rings. The van der Waals surface area contributed by atoms with Crippen LogP contribution in [0.4, 0.5) is 0 Å². The fraction of sp³-hybridized carbons (Fsp3) is 1.00. The van der Waals surface area contributed by atoms with Gasteiger partial charge in [-0.15, -0.1) is 0 Å². The molecule has 52 valence electrons. The van der Waals surface area contributed by atoms with Crippen molar-refractivity contribution in [2.45, 2.75) is 39.1 Å². The van der Waals surface area contributed by atoms with Gasteiger partial charge in [-0.3, -0.25) is 0 Å². The van der Waals surface area contributed by atoms with Crippen LogP contribution < -0.4 is 0 Å². The molecule has 0 unspecified atom stereocenters. The van der Waals surface area contributed by atoms with Gasteiger partial charge in [0.05, 0.1) is 0 Å². The number of hydrogen-bond acceptors (Lipinski definition) is 0. The molecule has 0 N–H and O–H groups in total. The molecule has 0 nitrogen and oxygen atoms in total. The molecule has 0 rings (SSSR count). The van der Waals surface area contributed by atoms with Gasteiger partial charge in [-0.2, -0.15) is 0 Å². The summed E-state index contributed by atoms with van der Waals surface area (Å²) in [5.74, 6) is 0. The topological polar surface area (TPSA) is 0 Å². The zero-order chi connectivity index (χ0) is 7.00. The van der Waals surface area contributed by atoms with Crippen molar-refractivity contribution in [3.05, 3.63) is 0 Å². The molecule has 0 spiro atoms. The second kappa shape index (κ2) is 2.20. The zero-order valence-corrected chi connectivity index (χ0v) is 9.24. The molecule has 0 amide bonds. The van der Waals surface area contributed by atoms with Crippen molar-refractivity contribution in [1.29, 1.82) is 0 Å². The molecule has 0 heterocycles. The van der Waals surface area contributed by atoms with Crippen molar-refractivity contribution < 1.29 is 0 Å². The van der Waals surface area contributed by atoms with E-state index in [0.29, 0.717) is 3.46 Å². The van der Waals surface area contributed by atoms with Crippen LogP contribution in [0, 0.1) is 0 Å². The molecule has 0 atom stereocenters. The van der Waals surface area contributed by atoms with E-state index < -0.39 is 18.2 Å². The van der Waals surface area contributed by atoms with Crippen LogP contribution in [0.3, 0.4) is 0 Å². The number of hydrogen-bond donors (Lipinski definition) is 0. The van der Waals surface area contributed by atoms with E-state index in [4.69, 9.17) is 0 Å². The van der Waals surface area contributed by atoms with Gasteiger partial charge in [0, 0.05) is 0 Å². The second-order valence-corrected chi connectivity index (χ2v) is 17.9. The molecule has 0 bridgehead atoms. The molecule has 0 fully saturated rings. The Bertz CT molecular complexity index is 59.4. The monoisotopic (exact) mass is 232 g/mol. The van der Waals surface area contributed by atoms with Gasteiger partial charge in [0.2, 0.25) is 0 Å². The molecule has 8 heavy (non-hydrogen) atoms. The Hall–Kier alpha value is 0.790. The summed E-state index contributed by atoms with van der Waals surface area (Å²) in [5.41, 5.74) is 0. The molecular weight excluding hydrogens is 212 g/mol. The van der Waals surface area contributed by atoms with Crippen LogP contribution >= 0.6 is 0 Å². The molecule has 0 aliphatic carbocycles. The Morgan fingerprint density at radius 2 is 1.00 bits per heavy atom. The van der Waals surface area contributed by atoms with Crippen LogP contribution in [0.15, 0.2) is 0 Å². The third-order valence-corrected chi connectivity index (χ3v) is 12.3. The van der Waals surface area contributed by atoms with Crippen molar-refractivity contribution >= 4 is 18.2 Å². The molecule has 0 aliphatic heterocycles. The van der Waals surface area contributed by atoms with E-state index in [2.05, 4.69) is 35.7 Å². The van der Waals surface area contributed by atoms with E-state index in [1.807, 2.05) is 0 Å². The summed E-state index contributed by atoms with van der Waals surface area (Å²) < 4.78 is 0.628. The van der Waals surface area contributed by atoms with Crippen LogP contribution in [0.2, 0.25) is 18.4 Å². The first-order valence-corrected chi connectivity index (χ1v) is 11.1. The third kappa shape index (κ3) is 2.37. The molecule has 0 saturated heterocycles. The number of rotatable bonds is 0. The molecule has 0 aromatic carbocycles. The van der Waals surface area contributed by atoms with Crippen LogP contribution in [0.25, 0.3) is 0 Å². The fourth-order valence-electron chi connectivity index (χ4n) is 0.